The predicted octanol–water partition coefficient (Wildman–Crippen LogP) is 13.6. The molecule has 0 fully saturated rings. The molecular formula is C50H46N4S2. The minimum atomic E-state index is -0.107. The molecule has 0 bridgehead atoms. The van der Waals surface area contributed by atoms with Crippen LogP contribution in [-0.2, 0) is 0 Å². The van der Waals surface area contributed by atoms with Crippen LogP contribution in [-0.4, -0.2) is 39.8 Å². The fraction of sp³-hybridized carbons (Fsp3) is 0.240. The van der Waals surface area contributed by atoms with Gasteiger partial charge in [-0.1, -0.05) is 96.3 Å². The van der Waals surface area contributed by atoms with E-state index in [9.17, 15) is 0 Å². The zero-order chi connectivity index (χ0) is 38.8. The van der Waals surface area contributed by atoms with Crippen molar-refractivity contribution in [2.45, 2.75) is 76.0 Å². The van der Waals surface area contributed by atoms with Crippen molar-refractivity contribution in [1.82, 2.24) is 9.13 Å². The molecule has 0 saturated carbocycles. The van der Waals surface area contributed by atoms with Gasteiger partial charge in [0.1, 0.15) is 0 Å². The molecule has 2 aliphatic heterocycles. The lowest BCUT2D eigenvalue weighted by Crippen LogP contribution is -2.36. The number of thioether (sulfide) groups is 2. The Morgan fingerprint density at radius 3 is 1.07 bits per heavy atom. The van der Waals surface area contributed by atoms with Crippen LogP contribution in [0.3, 0.4) is 0 Å². The summed E-state index contributed by atoms with van der Waals surface area (Å²) in [5, 5.41) is 7.25. The summed E-state index contributed by atoms with van der Waals surface area (Å²) in [6.45, 7) is 18.1. The average molecular weight is 767 g/mol. The fourth-order valence-electron chi connectivity index (χ4n) is 8.17. The lowest BCUT2D eigenvalue weighted by molar-refractivity contribution is 0.426. The number of aromatic nitrogens is 2. The molecule has 0 N–H and O–H groups in total. The second-order valence-corrected chi connectivity index (χ2v) is 20.7. The van der Waals surface area contributed by atoms with Crippen molar-refractivity contribution < 1.29 is 0 Å². The first-order valence-electron chi connectivity index (χ1n) is 19.6. The van der Waals surface area contributed by atoms with Crippen LogP contribution in [0, 0.1) is 0 Å². The zero-order valence-electron chi connectivity index (χ0n) is 33.3. The summed E-state index contributed by atoms with van der Waals surface area (Å²) in [6.07, 6.45) is 0. The number of hydrogen-bond donors (Lipinski definition) is 0. The third kappa shape index (κ3) is 5.36. The van der Waals surface area contributed by atoms with Gasteiger partial charge in [0, 0.05) is 53.5 Å². The minimum absolute atomic E-state index is 0.0552. The van der Waals surface area contributed by atoms with E-state index in [4.69, 9.17) is 9.98 Å². The van der Waals surface area contributed by atoms with E-state index in [2.05, 4.69) is 198 Å². The van der Waals surface area contributed by atoms with Gasteiger partial charge < -0.3 is 9.13 Å². The summed E-state index contributed by atoms with van der Waals surface area (Å²) in [5.74, 6) is 0. The molecule has 6 aromatic carbocycles. The highest BCUT2D eigenvalue weighted by Crippen LogP contribution is 2.48. The van der Waals surface area contributed by atoms with Crippen LogP contribution in [0.25, 0.3) is 66.1 Å². The predicted molar refractivity (Wildman–Crippen MR) is 245 cm³/mol. The first kappa shape index (κ1) is 35.4. The lowest BCUT2D eigenvalue weighted by Gasteiger charge is -2.30. The SMILES string of the molecule is CC1(C)N=C(c2ccc(-n3c4ccccc4c4cc(-c5ccc6c(c5)c5ccccc5n6-c5ccc(C6=NC(C)(C)C(C)(C)S6)cc5)ccc43)cc2)SC1(C)C. The first-order valence-corrected chi connectivity index (χ1v) is 21.2. The summed E-state index contributed by atoms with van der Waals surface area (Å²) in [7, 11) is 0. The molecule has 6 heteroatoms. The van der Waals surface area contributed by atoms with Crippen molar-refractivity contribution in [2.24, 2.45) is 9.98 Å². The van der Waals surface area contributed by atoms with Crippen LogP contribution in [0.15, 0.2) is 143 Å². The lowest BCUT2D eigenvalue weighted by atomic mass is 9.91. The Morgan fingerprint density at radius 2 is 0.714 bits per heavy atom. The maximum Gasteiger partial charge on any atom is 0.0990 e. The Hall–Kier alpha value is -5.04. The van der Waals surface area contributed by atoms with E-state index in [0.29, 0.717) is 0 Å². The third-order valence-electron chi connectivity index (χ3n) is 12.8. The first-order chi connectivity index (χ1) is 26.7. The summed E-state index contributed by atoms with van der Waals surface area (Å²) in [5.41, 5.74) is 11.7. The van der Waals surface area contributed by atoms with Crippen molar-refractivity contribution in [3.63, 3.8) is 0 Å². The molecule has 56 heavy (non-hydrogen) atoms. The highest BCUT2D eigenvalue weighted by Gasteiger charge is 2.45. The Kier molecular flexibility index (Phi) is 7.73. The van der Waals surface area contributed by atoms with Crippen LogP contribution in [0.4, 0.5) is 0 Å². The summed E-state index contributed by atoms with van der Waals surface area (Å²) in [4.78, 5) is 10.2. The third-order valence-corrected chi connectivity index (χ3v) is 15.9. The van der Waals surface area contributed by atoms with Crippen LogP contribution in [0.5, 0.6) is 0 Å². The monoisotopic (exact) mass is 766 g/mol. The number of fused-ring (bicyclic) bond motifs is 6. The molecule has 0 atom stereocenters. The smallest absolute Gasteiger partial charge is 0.0990 e. The quantitative estimate of drug-likeness (QED) is 0.175. The zero-order valence-corrected chi connectivity index (χ0v) is 34.9. The topological polar surface area (TPSA) is 34.6 Å². The van der Waals surface area contributed by atoms with Crippen LogP contribution >= 0.6 is 23.5 Å². The van der Waals surface area contributed by atoms with Crippen LogP contribution in [0.1, 0.15) is 66.5 Å². The molecule has 10 rings (SSSR count). The normalized spacial score (nSPS) is 18.3. The maximum atomic E-state index is 5.12. The van der Waals surface area contributed by atoms with Gasteiger partial charge in [0.25, 0.3) is 0 Å². The van der Waals surface area contributed by atoms with Gasteiger partial charge >= 0.3 is 0 Å². The number of nitrogens with zero attached hydrogens (tertiary/aromatic N) is 4. The Balaban J connectivity index is 1.03. The van der Waals surface area contributed by atoms with E-state index in [-0.39, 0.29) is 20.6 Å². The number of para-hydroxylation sites is 2. The Morgan fingerprint density at radius 1 is 0.375 bits per heavy atom. The highest BCUT2D eigenvalue weighted by molar-refractivity contribution is 8.16. The molecule has 278 valence electrons. The summed E-state index contributed by atoms with van der Waals surface area (Å²) >= 11 is 3.76. The van der Waals surface area contributed by atoms with Crippen LogP contribution < -0.4 is 0 Å². The molecule has 2 aliphatic rings. The molecule has 0 aliphatic carbocycles. The van der Waals surface area contributed by atoms with Crippen molar-refractivity contribution in [2.75, 3.05) is 0 Å². The molecule has 0 radical (unpaired) electrons. The molecule has 0 spiro atoms. The molecule has 0 saturated heterocycles. The van der Waals surface area contributed by atoms with E-state index in [1.54, 1.807) is 0 Å². The van der Waals surface area contributed by atoms with Gasteiger partial charge in [-0.3, -0.25) is 9.98 Å². The molecule has 4 nitrogen and oxygen atoms in total. The van der Waals surface area contributed by atoms with Gasteiger partial charge in [-0.25, -0.2) is 0 Å². The van der Waals surface area contributed by atoms with Crippen molar-refractivity contribution in [1.29, 1.82) is 0 Å². The summed E-state index contributed by atoms with van der Waals surface area (Å²) < 4.78 is 4.91. The number of hydrogen-bond acceptors (Lipinski definition) is 4. The molecule has 0 unspecified atom stereocenters. The second-order valence-electron chi connectivity index (χ2n) is 17.4. The molecule has 4 heterocycles. The van der Waals surface area contributed by atoms with E-state index >= 15 is 0 Å². The summed E-state index contributed by atoms with van der Waals surface area (Å²) in [6, 6.07) is 49.4. The van der Waals surface area contributed by atoms with Crippen molar-refractivity contribution in [3.05, 3.63) is 145 Å². The largest absolute Gasteiger partial charge is 0.309 e. The minimum Gasteiger partial charge on any atom is -0.309 e. The maximum absolute atomic E-state index is 5.12. The standard InChI is InChI=1S/C50H46N4S2/c1-47(2)49(5,6)55-45(51-47)31-17-23-35(24-18-31)53-41-15-11-9-13-37(41)39-29-33(21-27-43(39)53)34-22-28-44-40(30-34)38-14-10-12-16-42(38)54(44)36-25-19-32(20-26-36)46-52-48(3,4)50(7,8)56-46/h9-30H,1-8H3. The van der Waals surface area contributed by atoms with Gasteiger partial charge in [0.2, 0.25) is 0 Å². The molecule has 8 aromatic rings. The number of aliphatic imine (C=N–C) groups is 2. The second kappa shape index (κ2) is 12.2. The van der Waals surface area contributed by atoms with Gasteiger partial charge in [0.15, 0.2) is 0 Å². The molecule has 2 aromatic heterocycles. The van der Waals surface area contributed by atoms with Crippen LogP contribution in [0.2, 0.25) is 0 Å². The fourth-order valence-corrected chi connectivity index (χ4v) is 10.8. The molecular weight excluding hydrogens is 721 g/mol. The highest BCUT2D eigenvalue weighted by atomic mass is 32.2. The van der Waals surface area contributed by atoms with Crippen molar-refractivity contribution in [3.8, 4) is 22.5 Å². The van der Waals surface area contributed by atoms with Gasteiger partial charge in [-0.05, 0) is 127 Å². The average Bonchev–Trinajstić information content (AvgIpc) is 3.83. The van der Waals surface area contributed by atoms with Crippen molar-refractivity contribution >= 4 is 77.2 Å². The molecule has 0 amide bonds. The van der Waals surface area contributed by atoms with Gasteiger partial charge in [0.05, 0.1) is 43.2 Å². The van der Waals surface area contributed by atoms with E-state index < -0.39 is 0 Å². The number of benzene rings is 6. The van der Waals surface area contributed by atoms with Gasteiger partial charge in [-0.15, -0.1) is 0 Å². The Bertz CT molecular complexity index is 2750. The van der Waals surface area contributed by atoms with Gasteiger partial charge in [-0.2, -0.15) is 0 Å². The Labute approximate surface area is 337 Å². The number of rotatable bonds is 5. The van der Waals surface area contributed by atoms with E-state index in [1.165, 1.54) is 65.9 Å². The van der Waals surface area contributed by atoms with E-state index in [0.717, 1.165) is 21.5 Å². The van der Waals surface area contributed by atoms with E-state index in [1.807, 2.05) is 23.5 Å².